The molecule has 1 fully saturated rings. The fraction of sp³-hybridized carbons (Fsp3) is 0.789. The van der Waals surface area contributed by atoms with Gasteiger partial charge in [0.25, 0.3) is 0 Å². The van der Waals surface area contributed by atoms with Crippen molar-refractivity contribution in [3.8, 4) is 0 Å². The number of hydrogen-bond donors (Lipinski definition) is 5. The lowest BCUT2D eigenvalue weighted by Gasteiger charge is -2.28. The molecule has 0 saturated carbocycles. The number of carboxylic acid groups (broad SMARTS) is 1. The van der Waals surface area contributed by atoms with Crippen LogP contribution < -0.4 is 22.5 Å². The van der Waals surface area contributed by atoms with Crippen molar-refractivity contribution in [2.24, 2.45) is 22.2 Å². The number of carbonyl (C=O) groups is 3. The van der Waals surface area contributed by atoms with Gasteiger partial charge in [-0.15, -0.1) is 0 Å². The maximum Gasteiger partial charge on any atom is 0.326 e. The monoisotopic (exact) mass is 427 g/mol. The lowest BCUT2D eigenvalue weighted by molar-refractivity contribution is -0.149. The SMILES string of the molecule is CN(C)CCCC[C@H](N)C(=O)N[C@@H](CCCN=C(N)N)C(=O)N1CCC[C@H]1C(=O)O. The summed E-state index contributed by atoms with van der Waals surface area (Å²) in [6.07, 6.45) is 3.99. The van der Waals surface area contributed by atoms with Crippen molar-refractivity contribution in [2.45, 2.75) is 63.1 Å². The predicted molar refractivity (Wildman–Crippen MR) is 115 cm³/mol. The van der Waals surface area contributed by atoms with Gasteiger partial charge in [-0.05, 0) is 59.2 Å². The van der Waals surface area contributed by atoms with Crippen molar-refractivity contribution < 1.29 is 19.5 Å². The van der Waals surface area contributed by atoms with Crippen molar-refractivity contribution in [1.82, 2.24) is 15.1 Å². The summed E-state index contributed by atoms with van der Waals surface area (Å²) in [7, 11) is 3.96. The lowest BCUT2D eigenvalue weighted by atomic mass is 10.1. The normalized spacial score (nSPS) is 18.1. The molecule has 2 amide bonds. The van der Waals surface area contributed by atoms with Crippen LogP contribution in [0.4, 0.5) is 0 Å². The molecule has 8 N–H and O–H groups in total. The quantitative estimate of drug-likeness (QED) is 0.136. The first-order chi connectivity index (χ1) is 14.1. The fourth-order valence-electron chi connectivity index (χ4n) is 3.45. The van der Waals surface area contributed by atoms with Gasteiger partial charge < -0.3 is 37.4 Å². The number of carboxylic acids is 1. The van der Waals surface area contributed by atoms with Gasteiger partial charge in [0.2, 0.25) is 11.8 Å². The van der Waals surface area contributed by atoms with E-state index in [-0.39, 0.29) is 12.4 Å². The number of aliphatic imine (C=N–C) groups is 1. The number of aliphatic carboxylic acids is 1. The second kappa shape index (κ2) is 13.0. The number of unbranched alkanes of at least 4 members (excludes halogenated alkanes) is 1. The van der Waals surface area contributed by atoms with Crippen LogP contribution in [0.3, 0.4) is 0 Å². The van der Waals surface area contributed by atoms with Crippen LogP contribution in [0.2, 0.25) is 0 Å². The third kappa shape index (κ3) is 8.95. The molecule has 11 nitrogen and oxygen atoms in total. The van der Waals surface area contributed by atoms with E-state index in [1.54, 1.807) is 0 Å². The first kappa shape index (κ1) is 25.6. The first-order valence-corrected chi connectivity index (χ1v) is 10.4. The molecule has 0 spiro atoms. The second-order valence-electron chi connectivity index (χ2n) is 7.94. The van der Waals surface area contributed by atoms with Crippen molar-refractivity contribution in [3.63, 3.8) is 0 Å². The minimum Gasteiger partial charge on any atom is -0.480 e. The van der Waals surface area contributed by atoms with Crippen molar-refractivity contribution in [1.29, 1.82) is 0 Å². The number of amides is 2. The zero-order chi connectivity index (χ0) is 22.7. The summed E-state index contributed by atoms with van der Waals surface area (Å²) in [5.41, 5.74) is 16.6. The van der Waals surface area contributed by atoms with Gasteiger partial charge in [0.15, 0.2) is 5.96 Å². The molecule has 0 aromatic carbocycles. The molecule has 0 bridgehead atoms. The smallest absolute Gasteiger partial charge is 0.326 e. The Labute approximate surface area is 178 Å². The van der Waals surface area contributed by atoms with Gasteiger partial charge in [0, 0.05) is 13.1 Å². The van der Waals surface area contributed by atoms with Crippen molar-refractivity contribution in [3.05, 3.63) is 0 Å². The van der Waals surface area contributed by atoms with Crippen LogP contribution in [0.5, 0.6) is 0 Å². The highest BCUT2D eigenvalue weighted by Gasteiger charge is 2.37. The van der Waals surface area contributed by atoms with Gasteiger partial charge in [0.1, 0.15) is 12.1 Å². The minimum absolute atomic E-state index is 0.0489. The highest BCUT2D eigenvalue weighted by Crippen LogP contribution is 2.19. The second-order valence-corrected chi connectivity index (χ2v) is 7.94. The molecule has 0 aliphatic carbocycles. The van der Waals surface area contributed by atoms with E-state index in [4.69, 9.17) is 17.2 Å². The molecule has 1 rings (SSSR count). The van der Waals surface area contributed by atoms with Gasteiger partial charge in [-0.25, -0.2) is 4.79 Å². The van der Waals surface area contributed by atoms with E-state index in [2.05, 4.69) is 15.2 Å². The average molecular weight is 428 g/mol. The average Bonchev–Trinajstić information content (AvgIpc) is 3.16. The number of rotatable bonds is 13. The van der Waals surface area contributed by atoms with Crippen LogP contribution in [-0.4, -0.2) is 90.5 Å². The highest BCUT2D eigenvalue weighted by atomic mass is 16.4. The predicted octanol–water partition coefficient (Wildman–Crippen LogP) is -1.34. The van der Waals surface area contributed by atoms with Crippen LogP contribution >= 0.6 is 0 Å². The Morgan fingerprint density at radius 2 is 1.90 bits per heavy atom. The van der Waals surface area contributed by atoms with E-state index in [0.29, 0.717) is 38.8 Å². The van der Waals surface area contributed by atoms with Gasteiger partial charge in [-0.1, -0.05) is 6.42 Å². The number of hydrogen-bond acceptors (Lipinski definition) is 6. The number of likely N-dealkylation sites (tertiary alicyclic amines) is 1. The molecular formula is C19H37N7O4. The van der Waals surface area contributed by atoms with Crippen LogP contribution in [-0.2, 0) is 14.4 Å². The third-order valence-electron chi connectivity index (χ3n) is 5.09. The summed E-state index contributed by atoms with van der Waals surface area (Å²) in [5, 5.41) is 12.1. The maximum atomic E-state index is 13.0. The molecule has 1 aliphatic heterocycles. The summed E-state index contributed by atoms with van der Waals surface area (Å²) >= 11 is 0. The molecule has 30 heavy (non-hydrogen) atoms. The molecular weight excluding hydrogens is 390 g/mol. The van der Waals surface area contributed by atoms with E-state index < -0.39 is 35.9 Å². The number of guanidine groups is 1. The molecule has 1 saturated heterocycles. The first-order valence-electron chi connectivity index (χ1n) is 10.4. The van der Waals surface area contributed by atoms with Gasteiger partial charge in [-0.3, -0.25) is 14.6 Å². The molecule has 3 atom stereocenters. The molecule has 11 heteroatoms. The summed E-state index contributed by atoms with van der Waals surface area (Å²) in [5.74, 6) is -1.90. The molecule has 0 aromatic rings. The zero-order valence-electron chi connectivity index (χ0n) is 18.0. The Bertz CT molecular complexity index is 608. The van der Waals surface area contributed by atoms with Crippen molar-refractivity contribution >= 4 is 23.7 Å². The minimum atomic E-state index is -1.04. The lowest BCUT2D eigenvalue weighted by Crippen LogP contribution is -2.54. The van der Waals surface area contributed by atoms with Gasteiger partial charge >= 0.3 is 5.97 Å². The molecule has 0 aromatic heterocycles. The number of nitrogens with two attached hydrogens (primary N) is 3. The largest absolute Gasteiger partial charge is 0.480 e. The molecule has 0 radical (unpaired) electrons. The Morgan fingerprint density at radius 3 is 2.50 bits per heavy atom. The van der Waals surface area contributed by atoms with E-state index in [9.17, 15) is 19.5 Å². The standard InChI is InChI=1S/C19H37N7O4/c1-25(2)11-4-3-7-13(20)16(27)24-14(8-5-10-23-19(21)22)17(28)26-12-6-9-15(26)18(29)30/h13-15H,3-12,20H2,1-2H3,(H,24,27)(H,29,30)(H4,21,22,23)/t13-,14-,15-/m0/s1. The molecule has 1 aliphatic rings. The number of nitrogens with zero attached hydrogens (tertiary/aromatic N) is 3. The van der Waals surface area contributed by atoms with E-state index in [1.165, 1.54) is 4.90 Å². The van der Waals surface area contributed by atoms with Crippen LogP contribution in [0.25, 0.3) is 0 Å². The van der Waals surface area contributed by atoms with E-state index in [0.717, 1.165) is 19.4 Å². The fourth-order valence-corrected chi connectivity index (χ4v) is 3.45. The number of carbonyl (C=O) groups excluding carboxylic acids is 2. The van der Waals surface area contributed by atoms with Gasteiger partial charge in [0.05, 0.1) is 6.04 Å². The topological polar surface area (TPSA) is 180 Å². The van der Waals surface area contributed by atoms with Crippen LogP contribution in [0.15, 0.2) is 4.99 Å². The van der Waals surface area contributed by atoms with Gasteiger partial charge in [-0.2, -0.15) is 0 Å². The Balaban J connectivity index is 2.72. The zero-order valence-corrected chi connectivity index (χ0v) is 18.0. The highest BCUT2D eigenvalue weighted by molar-refractivity contribution is 5.92. The van der Waals surface area contributed by atoms with Crippen LogP contribution in [0, 0.1) is 0 Å². The summed E-state index contributed by atoms with van der Waals surface area (Å²) in [6.45, 7) is 1.57. The van der Waals surface area contributed by atoms with Crippen molar-refractivity contribution in [2.75, 3.05) is 33.7 Å². The summed E-state index contributed by atoms with van der Waals surface area (Å²) < 4.78 is 0. The molecule has 1 heterocycles. The van der Waals surface area contributed by atoms with E-state index >= 15 is 0 Å². The Kier molecular flexibility index (Phi) is 11.1. The summed E-state index contributed by atoms with van der Waals surface area (Å²) in [4.78, 5) is 44.3. The Hall–Kier alpha value is -2.40. The van der Waals surface area contributed by atoms with Crippen LogP contribution in [0.1, 0.15) is 44.9 Å². The Morgan fingerprint density at radius 1 is 1.20 bits per heavy atom. The molecule has 172 valence electrons. The number of nitrogens with one attached hydrogen (secondary N) is 1. The van der Waals surface area contributed by atoms with E-state index in [1.807, 2.05) is 14.1 Å². The third-order valence-corrected chi connectivity index (χ3v) is 5.09. The maximum absolute atomic E-state index is 13.0. The summed E-state index contributed by atoms with van der Waals surface area (Å²) in [6, 6.07) is -2.46. The molecule has 0 unspecified atom stereocenters.